The predicted octanol–water partition coefficient (Wildman–Crippen LogP) is 3.32. The van der Waals surface area contributed by atoms with Gasteiger partial charge in [-0.1, -0.05) is 22.0 Å². The zero-order valence-corrected chi connectivity index (χ0v) is 11.6. The fourth-order valence-electron chi connectivity index (χ4n) is 0.980. The molecule has 0 aliphatic rings. The van der Waals surface area contributed by atoms with Crippen molar-refractivity contribution in [1.82, 2.24) is 0 Å². The van der Waals surface area contributed by atoms with E-state index in [0.717, 1.165) is 5.69 Å². The molecule has 0 saturated heterocycles. The first kappa shape index (κ1) is 12.0. The third kappa shape index (κ3) is 3.57. The highest BCUT2D eigenvalue weighted by Gasteiger charge is 2.02. The second kappa shape index (κ2) is 5.70. The fourth-order valence-corrected chi connectivity index (χ4v) is 1.86. The molecule has 76 valence electrons. The summed E-state index contributed by atoms with van der Waals surface area (Å²) in [5.41, 5.74) is 2.09. The molecule has 1 N–H and O–H groups in total. The Morgan fingerprint density at radius 3 is 2.86 bits per heavy atom. The van der Waals surface area contributed by atoms with E-state index in [-0.39, 0.29) is 5.91 Å². The summed E-state index contributed by atoms with van der Waals surface area (Å²) >= 11 is 5.48. The fraction of sp³-hybridized carbons (Fsp3) is 0.300. The quantitative estimate of drug-likeness (QED) is 0.644. The monoisotopic (exact) mass is 367 g/mol. The number of nitrogens with one attached hydrogen (secondary N) is 1. The summed E-state index contributed by atoms with van der Waals surface area (Å²) in [5.74, 6) is 0.0431. The number of rotatable bonds is 3. The van der Waals surface area contributed by atoms with Crippen molar-refractivity contribution in [1.29, 1.82) is 0 Å². The molecule has 0 aliphatic heterocycles. The molecule has 4 heteroatoms. The summed E-state index contributed by atoms with van der Waals surface area (Å²) in [7, 11) is 0. The van der Waals surface area contributed by atoms with Crippen molar-refractivity contribution in [2.75, 3.05) is 10.6 Å². The van der Waals surface area contributed by atoms with E-state index in [4.69, 9.17) is 0 Å². The minimum Gasteiger partial charge on any atom is -0.326 e. The maximum Gasteiger partial charge on any atom is 0.225 e. The topological polar surface area (TPSA) is 29.1 Å². The van der Waals surface area contributed by atoms with Gasteiger partial charge in [0.2, 0.25) is 5.91 Å². The molecule has 0 aromatic heterocycles. The maximum absolute atomic E-state index is 11.3. The van der Waals surface area contributed by atoms with E-state index < -0.39 is 0 Å². The lowest BCUT2D eigenvalue weighted by molar-refractivity contribution is -0.115. The van der Waals surface area contributed by atoms with Gasteiger partial charge in [0.05, 0.1) is 0 Å². The van der Waals surface area contributed by atoms with Gasteiger partial charge in [-0.25, -0.2) is 0 Å². The Balaban J connectivity index is 2.68. The van der Waals surface area contributed by atoms with Crippen LogP contribution in [0.2, 0.25) is 0 Å². The highest BCUT2D eigenvalue weighted by molar-refractivity contribution is 14.1. The Morgan fingerprint density at radius 1 is 1.57 bits per heavy atom. The van der Waals surface area contributed by atoms with Crippen molar-refractivity contribution in [3.05, 3.63) is 27.3 Å². The second-order valence-electron chi connectivity index (χ2n) is 2.95. The number of halogens is 2. The number of aryl methyl sites for hydroxylation is 1. The van der Waals surface area contributed by atoms with E-state index in [1.807, 2.05) is 25.1 Å². The Kier molecular flexibility index (Phi) is 4.88. The van der Waals surface area contributed by atoms with Gasteiger partial charge in [0.1, 0.15) is 0 Å². The molecule has 14 heavy (non-hydrogen) atoms. The number of anilines is 1. The lowest BCUT2D eigenvalue weighted by Gasteiger charge is -2.05. The van der Waals surface area contributed by atoms with Crippen LogP contribution in [0.3, 0.4) is 0 Å². The van der Waals surface area contributed by atoms with Crippen LogP contribution in [0.1, 0.15) is 12.0 Å². The maximum atomic E-state index is 11.3. The summed E-state index contributed by atoms with van der Waals surface area (Å²) in [5, 5.41) is 3.53. The minimum absolute atomic E-state index is 0.0431. The standard InChI is InChI=1S/C10H11BrINO/c1-7-2-3-8(6-9(7)12)13-10(14)4-5-11/h2-3,6H,4-5H2,1H3,(H,13,14). The van der Waals surface area contributed by atoms with Crippen LogP contribution >= 0.6 is 38.5 Å². The van der Waals surface area contributed by atoms with Gasteiger partial charge in [0.25, 0.3) is 0 Å². The van der Waals surface area contributed by atoms with Crippen molar-refractivity contribution in [2.45, 2.75) is 13.3 Å². The number of amides is 1. The molecule has 0 radical (unpaired) electrons. The van der Waals surface area contributed by atoms with Gasteiger partial charge < -0.3 is 5.32 Å². The number of benzene rings is 1. The number of carbonyl (C=O) groups excluding carboxylic acids is 1. The molecule has 0 atom stereocenters. The summed E-state index contributed by atoms with van der Waals surface area (Å²) in [6.45, 7) is 2.05. The molecule has 0 fully saturated rings. The van der Waals surface area contributed by atoms with Crippen LogP contribution in [0, 0.1) is 10.5 Å². The molecule has 2 nitrogen and oxygen atoms in total. The highest BCUT2D eigenvalue weighted by atomic mass is 127. The first-order valence-electron chi connectivity index (χ1n) is 4.25. The summed E-state index contributed by atoms with van der Waals surface area (Å²) < 4.78 is 1.17. The summed E-state index contributed by atoms with van der Waals surface area (Å²) in [6, 6.07) is 5.90. The molecular formula is C10H11BrINO. The van der Waals surface area contributed by atoms with Crippen LogP contribution in [-0.2, 0) is 4.79 Å². The van der Waals surface area contributed by atoms with Crippen molar-refractivity contribution in [3.63, 3.8) is 0 Å². The van der Waals surface area contributed by atoms with Gasteiger partial charge in [0, 0.05) is 21.0 Å². The molecule has 1 rings (SSSR count). The lowest BCUT2D eigenvalue weighted by atomic mass is 10.2. The molecule has 0 spiro atoms. The zero-order chi connectivity index (χ0) is 10.6. The van der Waals surface area contributed by atoms with Crippen molar-refractivity contribution in [3.8, 4) is 0 Å². The van der Waals surface area contributed by atoms with E-state index in [9.17, 15) is 4.79 Å². The normalized spacial score (nSPS) is 9.93. The smallest absolute Gasteiger partial charge is 0.225 e. The molecule has 0 heterocycles. The largest absolute Gasteiger partial charge is 0.326 e. The van der Waals surface area contributed by atoms with E-state index in [0.29, 0.717) is 11.8 Å². The van der Waals surface area contributed by atoms with Gasteiger partial charge in [-0.15, -0.1) is 0 Å². The molecule has 0 unspecified atom stereocenters. The number of hydrogen-bond acceptors (Lipinski definition) is 1. The van der Waals surface area contributed by atoms with Crippen LogP contribution < -0.4 is 5.32 Å². The van der Waals surface area contributed by atoms with E-state index in [1.54, 1.807) is 0 Å². The number of hydrogen-bond donors (Lipinski definition) is 1. The van der Waals surface area contributed by atoms with E-state index in [1.165, 1.54) is 9.13 Å². The van der Waals surface area contributed by atoms with Gasteiger partial charge >= 0.3 is 0 Å². The minimum atomic E-state index is 0.0431. The molecular weight excluding hydrogens is 357 g/mol. The Labute approximate surface area is 106 Å². The third-order valence-electron chi connectivity index (χ3n) is 1.78. The highest BCUT2D eigenvalue weighted by Crippen LogP contribution is 2.17. The van der Waals surface area contributed by atoms with Gasteiger partial charge in [-0.3, -0.25) is 4.79 Å². The summed E-state index contributed by atoms with van der Waals surface area (Å²) in [4.78, 5) is 11.3. The van der Waals surface area contributed by atoms with Crippen molar-refractivity contribution in [2.24, 2.45) is 0 Å². The second-order valence-corrected chi connectivity index (χ2v) is 4.91. The average Bonchev–Trinajstić information content (AvgIpc) is 2.12. The van der Waals surface area contributed by atoms with E-state index in [2.05, 4.69) is 43.8 Å². The predicted molar refractivity (Wildman–Crippen MR) is 70.9 cm³/mol. The Hall–Kier alpha value is -0.100. The molecule has 1 amide bonds. The van der Waals surface area contributed by atoms with Crippen LogP contribution in [0.25, 0.3) is 0 Å². The average molecular weight is 368 g/mol. The summed E-state index contributed by atoms with van der Waals surface area (Å²) in [6.07, 6.45) is 0.504. The van der Waals surface area contributed by atoms with Crippen LogP contribution in [0.4, 0.5) is 5.69 Å². The molecule has 0 saturated carbocycles. The van der Waals surface area contributed by atoms with Crippen LogP contribution in [0.5, 0.6) is 0 Å². The zero-order valence-electron chi connectivity index (χ0n) is 7.81. The SMILES string of the molecule is Cc1ccc(NC(=O)CCBr)cc1I. The van der Waals surface area contributed by atoms with Crippen molar-refractivity contribution < 1.29 is 4.79 Å². The van der Waals surface area contributed by atoms with Crippen LogP contribution in [-0.4, -0.2) is 11.2 Å². The Bertz CT molecular complexity index is 341. The molecule has 0 bridgehead atoms. The van der Waals surface area contributed by atoms with E-state index >= 15 is 0 Å². The van der Waals surface area contributed by atoms with Crippen molar-refractivity contribution >= 4 is 50.1 Å². The first-order valence-corrected chi connectivity index (χ1v) is 6.45. The van der Waals surface area contributed by atoms with Crippen LogP contribution in [0.15, 0.2) is 18.2 Å². The molecule has 1 aromatic rings. The Morgan fingerprint density at radius 2 is 2.29 bits per heavy atom. The first-order chi connectivity index (χ1) is 6.63. The lowest BCUT2D eigenvalue weighted by Crippen LogP contribution is -2.11. The van der Waals surface area contributed by atoms with Gasteiger partial charge in [0.15, 0.2) is 0 Å². The molecule has 0 aliphatic carbocycles. The molecule has 1 aromatic carbocycles. The number of carbonyl (C=O) groups is 1. The van der Waals surface area contributed by atoms with Gasteiger partial charge in [-0.2, -0.15) is 0 Å². The third-order valence-corrected chi connectivity index (χ3v) is 3.34. The van der Waals surface area contributed by atoms with Gasteiger partial charge in [-0.05, 0) is 47.2 Å². The number of alkyl halides is 1.